The van der Waals surface area contributed by atoms with E-state index >= 15 is 0 Å². The Bertz CT molecular complexity index is 793. The Labute approximate surface area is 138 Å². The molecule has 8 nitrogen and oxygen atoms in total. The van der Waals surface area contributed by atoms with Crippen LogP contribution >= 0.6 is 0 Å². The van der Waals surface area contributed by atoms with Crippen molar-refractivity contribution in [3.8, 4) is 0 Å². The standard InChI is InChI=1S/C16H18N4O4/c1-10-5-6-12(9-13(10)20(22)23)14(21)18-16(7-3-4-8-16)15-17-11(2)24-19-15/h5-6,9H,3-4,7-8H2,1-2H3,(H,18,21). The van der Waals surface area contributed by atoms with Gasteiger partial charge in [0.15, 0.2) is 5.82 Å². The molecule has 1 fully saturated rings. The number of nitrogens with zero attached hydrogens (tertiary/aromatic N) is 3. The molecule has 1 heterocycles. The lowest BCUT2D eigenvalue weighted by molar-refractivity contribution is -0.385. The zero-order chi connectivity index (χ0) is 17.3. The molecule has 1 aromatic heterocycles. The fourth-order valence-corrected chi connectivity index (χ4v) is 3.11. The van der Waals surface area contributed by atoms with E-state index in [1.54, 1.807) is 26.0 Å². The largest absolute Gasteiger partial charge is 0.340 e. The first kappa shape index (κ1) is 16.1. The molecule has 0 spiro atoms. The van der Waals surface area contributed by atoms with Crippen LogP contribution in [0.3, 0.4) is 0 Å². The molecule has 8 heteroatoms. The minimum absolute atomic E-state index is 0.0708. The van der Waals surface area contributed by atoms with Crippen LogP contribution in [0.5, 0.6) is 0 Å². The third kappa shape index (κ3) is 2.86. The molecule has 1 aromatic carbocycles. The number of hydrogen-bond donors (Lipinski definition) is 1. The van der Waals surface area contributed by atoms with Crippen LogP contribution in [-0.4, -0.2) is 21.0 Å². The Morgan fingerprint density at radius 3 is 2.62 bits per heavy atom. The lowest BCUT2D eigenvalue weighted by Crippen LogP contribution is -2.44. The maximum atomic E-state index is 12.7. The number of aromatic nitrogens is 2. The Morgan fingerprint density at radius 2 is 2.04 bits per heavy atom. The van der Waals surface area contributed by atoms with Crippen LogP contribution in [0.1, 0.15) is 53.3 Å². The molecule has 24 heavy (non-hydrogen) atoms. The SMILES string of the molecule is Cc1nc(C2(NC(=O)c3ccc(C)c([N+](=O)[O-])c3)CCCC2)no1. The first-order valence-electron chi connectivity index (χ1n) is 7.80. The number of hydrogen-bond acceptors (Lipinski definition) is 6. The van der Waals surface area contributed by atoms with Gasteiger partial charge in [-0.25, -0.2) is 0 Å². The van der Waals surface area contributed by atoms with Gasteiger partial charge in [0, 0.05) is 24.1 Å². The first-order chi connectivity index (χ1) is 11.4. The summed E-state index contributed by atoms with van der Waals surface area (Å²) in [6, 6.07) is 4.46. The summed E-state index contributed by atoms with van der Waals surface area (Å²) in [5.41, 5.74) is 0.0207. The van der Waals surface area contributed by atoms with Crippen molar-refractivity contribution in [2.24, 2.45) is 0 Å². The fraction of sp³-hybridized carbons (Fsp3) is 0.438. The Kier molecular flexibility index (Phi) is 4.04. The van der Waals surface area contributed by atoms with Crippen molar-refractivity contribution in [3.05, 3.63) is 51.2 Å². The van der Waals surface area contributed by atoms with Gasteiger partial charge in [-0.3, -0.25) is 14.9 Å². The monoisotopic (exact) mass is 330 g/mol. The maximum absolute atomic E-state index is 12.7. The normalized spacial score (nSPS) is 16.1. The number of benzene rings is 1. The summed E-state index contributed by atoms with van der Waals surface area (Å²) in [6.45, 7) is 3.34. The predicted molar refractivity (Wildman–Crippen MR) is 84.5 cm³/mol. The summed E-state index contributed by atoms with van der Waals surface area (Å²) in [4.78, 5) is 27.5. The van der Waals surface area contributed by atoms with Crippen molar-refractivity contribution >= 4 is 11.6 Å². The topological polar surface area (TPSA) is 111 Å². The highest BCUT2D eigenvalue weighted by molar-refractivity contribution is 5.95. The van der Waals surface area contributed by atoms with Crippen LogP contribution in [0, 0.1) is 24.0 Å². The first-order valence-corrected chi connectivity index (χ1v) is 7.80. The van der Waals surface area contributed by atoms with Gasteiger partial charge in [-0.05, 0) is 25.8 Å². The van der Waals surface area contributed by atoms with Crippen LogP contribution in [0.15, 0.2) is 22.7 Å². The number of rotatable bonds is 4. The molecule has 1 N–H and O–H groups in total. The van der Waals surface area contributed by atoms with Crippen LogP contribution < -0.4 is 5.32 Å². The van der Waals surface area contributed by atoms with Gasteiger partial charge in [-0.2, -0.15) is 4.98 Å². The van der Waals surface area contributed by atoms with Crippen molar-refractivity contribution in [1.82, 2.24) is 15.5 Å². The van der Waals surface area contributed by atoms with Gasteiger partial charge in [-0.1, -0.05) is 24.1 Å². The summed E-state index contributed by atoms with van der Waals surface area (Å²) in [5.74, 6) is 0.534. The number of nitro benzene ring substituents is 1. The minimum Gasteiger partial charge on any atom is -0.340 e. The van der Waals surface area contributed by atoms with Gasteiger partial charge in [0.05, 0.1) is 4.92 Å². The molecule has 3 rings (SSSR count). The van der Waals surface area contributed by atoms with Crippen LogP contribution in [0.4, 0.5) is 5.69 Å². The molecule has 1 aliphatic rings. The molecular weight excluding hydrogens is 312 g/mol. The molecule has 0 radical (unpaired) electrons. The van der Waals surface area contributed by atoms with E-state index in [1.807, 2.05) is 0 Å². The van der Waals surface area contributed by atoms with Gasteiger partial charge in [0.1, 0.15) is 5.54 Å². The molecule has 126 valence electrons. The van der Waals surface area contributed by atoms with Crippen LogP contribution in [0.25, 0.3) is 0 Å². The van der Waals surface area contributed by atoms with Gasteiger partial charge in [-0.15, -0.1) is 0 Å². The highest BCUT2D eigenvalue weighted by atomic mass is 16.6. The molecular formula is C16H18N4O4. The average Bonchev–Trinajstić information content (AvgIpc) is 3.17. The number of amides is 1. The van der Waals surface area contributed by atoms with E-state index in [-0.39, 0.29) is 17.2 Å². The van der Waals surface area contributed by atoms with E-state index in [4.69, 9.17) is 4.52 Å². The molecule has 0 bridgehead atoms. The van der Waals surface area contributed by atoms with Crippen molar-refractivity contribution in [3.63, 3.8) is 0 Å². The van der Waals surface area contributed by atoms with E-state index in [2.05, 4.69) is 15.5 Å². The van der Waals surface area contributed by atoms with E-state index in [1.165, 1.54) is 6.07 Å². The molecule has 0 atom stereocenters. The zero-order valence-electron chi connectivity index (χ0n) is 13.5. The maximum Gasteiger partial charge on any atom is 0.273 e. The van der Waals surface area contributed by atoms with Crippen molar-refractivity contribution < 1.29 is 14.2 Å². The Hall–Kier alpha value is -2.77. The van der Waals surface area contributed by atoms with Gasteiger partial charge >= 0.3 is 0 Å². The predicted octanol–water partition coefficient (Wildman–Crippen LogP) is 2.79. The van der Waals surface area contributed by atoms with Gasteiger partial charge < -0.3 is 9.84 Å². The Balaban J connectivity index is 1.90. The fourth-order valence-electron chi connectivity index (χ4n) is 3.11. The summed E-state index contributed by atoms with van der Waals surface area (Å²) in [7, 11) is 0. The molecule has 0 saturated heterocycles. The second-order valence-corrected chi connectivity index (χ2v) is 6.14. The lowest BCUT2D eigenvalue weighted by atomic mass is 9.95. The second-order valence-electron chi connectivity index (χ2n) is 6.14. The van der Waals surface area contributed by atoms with E-state index in [9.17, 15) is 14.9 Å². The molecule has 2 aromatic rings. The number of carbonyl (C=O) groups is 1. The third-order valence-electron chi connectivity index (χ3n) is 4.43. The number of aryl methyl sites for hydroxylation is 2. The third-order valence-corrected chi connectivity index (χ3v) is 4.43. The molecule has 1 saturated carbocycles. The highest BCUT2D eigenvalue weighted by Crippen LogP contribution is 2.37. The number of nitro groups is 1. The summed E-state index contributed by atoms with van der Waals surface area (Å²) in [6.07, 6.45) is 3.32. The number of carbonyl (C=O) groups excluding carboxylic acids is 1. The van der Waals surface area contributed by atoms with E-state index < -0.39 is 10.5 Å². The van der Waals surface area contributed by atoms with Crippen LogP contribution in [-0.2, 0) is 5.54 Å². The highest BCUT2D eigenvalue weighted by Gasteiger charge is 2.41. The van der Waals surface area contributed by atoms with Crippen molar-refractivity contribution in [2.75, 3.05) is 0 Å². The molecule has 1 amide bonds. The summed E-state index contributed by atoms with van der Waals surface area (Å²) in [5, 5.41) is 18.0. The van der Waals surface area contributed by atoms with Crippen molar-refractivity contribution in [1.29, 1.82) is 0 Å². The number of nitrogens with one attached hydrogen (secondary N) is 1. The summed E-state index contributed by atoms with van der Waals surface area (Å²) < 4.78 is 5.05. The van der Waals surface area contributed by atoms with Gasteiger partial charge in [0.25, 0.3) is 11.6 Å². The van der Waals surface area contributed by atoms with Crippen LogP contribution in [0.2, 0.25) is 0 Å². The average molecular weight is 330 g/mol. The van der Waals surface area contributed by atoms with E-state index in [0.29, 0.717) is 30.1 Å². The van der Waals surface area contributed by atoms with Gasteiger partial charge in [0.2, 0.25) is 5.89 Å². The quantitative estimate of drug-likeness (QED) is 0.681. The molecule has 0 aliphatic heterocycles. The minimum atomic E-state index is -0.672. The Morgan fingerprint density at radius 1 is 1.33 bits per heavy atom. The van der Waals surface area contributed by atoms with E-state index in [0.717, 1.165) is 12.8 Å². The second kappa shape index (κ2) is 6.03. The van der Waals surface area contributed by atoms with Crippen molar-refractivity contribution in [2.45, 2.75) is 45.1 Å². The zero-order valence-corrected chi connectivity index (χ0v) is 13.5. The molecule has 1 aliphatic carbocycles. The molecule has 0 unspecified atom stereocenters. The lowest BCUT2D eigenvalue weighted by Gasteiger charge is -2.26. The summed E-state index contributed by atoms with van der Waals surface area (Å²) >= 11 is 0. The smallest absolute Gasteiger partial charge is 0.273 e.